The first-order chi connectivity index (χ1) is 17.8. The van der Waals surface area contributed by atoms with Gasteiger partial charge < -0.3 is 9.13 Å². The van der Waals surface area contributed by atoms with Gasteiger partial charge in [-0.2, -0.15) is 0 Å². The summed E-state index contributed by atoms with van der Waals surface area (Å²) in [4.78, 5) is 0. The molecule has 36 heavy (non-hydrogen) atoms. The molecular weight excluding hydrogens is 436 g/mol. The zero-order chi connectivity index (χ0) is 23.9. The molecule has 0 fully saturated rings. The zero-order valence-corrected chi connectivity index (χ0v) is 19.8. The minimum atomic E-state index is 1.17. The van der Waals surface area contributed by atoms with Crippen LogP contribution < -0.4 is 0 Å². The largest absolute Gasteiger partial charge is 0.323 e. The number of aromatic nitrogens is 2. The second-order valence-electron chi connectivity index (χ2n) is 9.26. The van der Waals surface area contributed by atoms with Crippen LogP contribution in [0, 0.1) is 0 Å². The molecule has 0 aliphatic rings. The van der Waals surface area contributed by atoms with Gasteiger partial charge in [-0.25, -0.2) is 0 Å². The summed E-state index contributed by atoms with van der Waals surface area (Å²) >= 11 is 0. The standard InChI is InChI=1S/C34H24N2/c1-2-6-30-22-35(21-29(30)5-1)33-17-13-27(14-18-33)25-9-11-26(12-10-25)28-15-19-34(20-16-28)36-23-31-7-3-4-8-32(31)24-36/h1-24H. The number of nitrogens with zero attached hydrogens (tertiary/aromatic N) is 2. The molecule has 7 aromatic rings. The van der Waals surface area contributed by atoms with Gasteiger partial charge in [0, 0.05) is 36.2 Å². The maximum atomic E-state index is 2.21. The molecule has 0 bridgehead atoms. The van der Waals surface area contributed by atoms with Gasteiger partial charge in [0.05, 0.1) is 0 Å². The fourth-order valence-corrected chi connectivity index (χ4v) is 4.97. The van der Waals surface area contributed by atoms with Crippen molar-refractivity contribution in [1.82, 2.24) is 9.13 Å². The van der Waals surface area contributed by atoms with E-state index in [-0.39, 0.29) is 0 Å². The van der Waals surface area contributed by atoms with E-state index in [1.807, 2.05) is 0 Å². The Kier molecular flexibility index (Phi) is 4.82. The fourth-order valence-electron chi connectivity index (χ4n) is 4.97. The molecule has 2 heteroatoms. The van der Waals surface area contributed by atoms with Crippen molar-refractivity contribution in [2.45, 2.75) is 0 Å². The summed E-state index contributed by atoms with van der Waals surface area (Å²) in [5.74, 6) is 0. The van der Waals surface area contributed by atoms with Gasteiger partial charge in [-0.3, -0.25) is 0 Å². The van der Waals surface area contributed by atoms with Crippen LogP contribution in [0.5, 0.6) is 0 Å². The topological polar surface area (TPSA) is 9.86 Å². The van der Waals surface area contributed by atoms with E-state index in [1.165, 1.54) is 55.2 Å². The van der Waals surface area contributed by atoms with Crippen LogP contribution in [0.1, 0.15) is 0 Å². The molecule has 0 aliphatic heterocycles. The highest BCUT2D eigenvalue weighted by Gasteiger charge is 2.05. The molecule has 0 unspecified atom stereocenters. The lowest BCUT2D eigenvalue weighted by atomic mass is 10.00. The van der Waals surface area contributed by atoms with Gasteiger partial charge >= 0.3 is 0 Å². The average Bonchev–Trinajstić information content (AvgIpc) is 3.58. The maximum absolute atomic E-state index is 2.21. The Bertz CT molecular complexity index is 1600. The van der Waals surface area contributed by atoms with Crippen molar-refractivity contribution in [2.75, 3.05) is 0 Å². The first-order valence-corrected chi connectivity index (χ1v) is 12.3. The molecule has 0 saturated heterocycles. The van der Waals surface area contributed by atoms with Crippen LogP contribution in [0.25, 0.3) is 55.2 Å². The third-order valence-corrected chi connectivity index (χ3v) is 6.99. The predicted octanol–water partition coefficient (Wildman–Crippen LogP) is 8.91. The highest BCUT2D eigenvalue weighted by atomic mass is 14.9. The Hall–Kier alpha value is -4.82. The number of hydrogen-bond donors (Lipinski definition) is 0. The summed E-state index contributed by atoms with van der Waals surface area (Å²) in [5.41, 5.74) is 7.22. The summed E-state index contributed by atoms with van der Waals surface area (Å²) in [6, 6.07) is 43.3. The molecule has 0 amide bonds. The summed E-state index contributed by atoms with van der Waals surface area (Å²) in [7, 11) is 0. The Morgan fingerprint density at radius 2 is 0.528 bits per heavy atom. The molecule has 2 aromatic heterocycles. The molecule has 0 saturated carbocycles. The molecule has 170 valence electrons. The Morgan fingerprint density at radius 3 is 0.806 bits per heavy atom. The highest BCUT2D eigenvalue weighted by Crippen LogP contribution is 2.28. The number of fused-ring (bicyclic) bond motifs is 2. The van der Waals surface area contributed by atoms with Crippen LogP contribution in [0.2, 0.25) is 0 Å². The molecular formula is C34H24N2. The Morgan fingerprint density at radius 1 is 0.278 bits per heavy atom. The van der Waals surface area contributed by atoms with Crippen LogP contribution in [-0.4, -0.2) is 9.13 Å². The van der Waals surface area contributed by atoms with Crippen LogP contribution in [0.15, 0.2) is 146 Å². The van der Waals surface area contributed by atoms with Gasteiger partial charge in [-0.05, 0) is 68.1 Å². The lowest BCUT2D eigenvalue weighted by Gasteiger charge is -2.08. The van der Waals surface area contributed by atoms with Gasteiger partial charge in [0.1, 0.15) is 0 Å². The normalized spacial score (nSPS) is 11.3. The zero-order valence-electron chi connectivity index (χ0n) is 19.8. The Labute approximate surface area is 210 Å². The van der Waals surface area contributed by atoms with E-state index in [1.54, 1.807) is 0 Å². The van der Waals surface area contributed by atoms with E-state index in [2.05, 4.69) is 155 Å². The Balaban J connectivity index is 1.11. The lowest BCUT2D eigenvalue weighted by molar-refractivity contribution is 1.09. The van der Waals surface area contributed by atoms with Gasteiger partial charge in [0.25, 0.3) is 0 Å². The summed E-state index contributed by atoms with van der Waals surface area (Å²) in [6.45, 7) is 0. The van der Waals surface area contributed by atoms with Gasteiger partial charge in [0.2, 0.25) is 0 Å². The van der Waals surface area contributed by atoms with Crippen LogP contribution in [-0.2, 0) is 0 Å². The van der Waals surface area contributed by atoms with Gasteiger partial charge in [-0.1, -0.05) is 97.1 Å². The van der Waals surface area contributed by atoms with E-state index < -0.39 is 0 Å². The molecule has 0 radical (unpaired) electrons. The number of hydrogen-bond acceptors (Lipinski definition) is 0. The van der Waals surface area contributed by atoms with Crippen molar-refractivity contribution in [2.24, 2.45) is 0 Å². The van der Waals surface area contributed by atoms with E-state index in [0.29, 0.717) is 0 Å². The van der Waals surface area contributed by atoms with E-state index in [0.717, 1.165) is 0 Å². The molecule has 0 spiro atoms. The van der Waals surface area contributed by atoms with Crippen LogP contribution in [0.3, 0.4) is 0 Å². The predicted molar refractivity (Wildman–Crippen MR) is 151 cm³/mol. The first kappa shape index (κ1) is 20.5. The lowest BCUT2D eigenvalue weighted by Crippen LogP contribution is -1.90. The molecule has 5 aromatic carbocycles. The summed E-state index contributed by atoms with van der Waals surface area (Å²) in [6.07, 6.45) is 8.73. The smallest absolute Gasteiger partial charge is 0.0450 e. The van der Waals surface area contributed by atoms with Crippen molar-refractivity contribution >= 4 is 21.5 Å². The second-order valence-corrected chi connectivity index (χ2v) is 9.26. The van der Waals surface area contributed by atoms with Crippen LogP contribution in [0.4, 0.5) is 0 Å². The van der Waals surface area contributed by atoms with Crippen molar-refractivity contribution in [3.05, 3.63) is 146 Å². The average molecular weight is 461 g/mol. The third-order valence-electron chi connectivity index (χ3n) is 6.99. The van der Waals surface area contributed by atoms with Gasteiger partial charge in [-0.15, -0.1) is 0 Å². The van der Waals surface area contributed by atoms with Crippen molar-refractivity contribution in [3.8, 4) is 33.6 Å². The monoisotopic (exact) mass is 460 g/mol. The minimum absolute atomic E-state index is 1.17. The van der Waals surface area contributed by atoms with E-state index in [9.17, 15) is 0 Å². The molecule has 0 aliphatic carbocycles. The fraction of sp³-hybridized carbons (Fsp3) is 0. The molecule has 2 nitrogen and oxygen atoms in total. The minimum Gasteiger partial charge on any atom is -0.323 e. The van der Waals surface area contributed by atoms with Crippen molar-refractivity contribution in [3.63, 3.8) is 0 Å². The van der Waals surface area contributed by atoms with E-state index >= 15 is 0 Å². The van der Waals surface area contributed by atoms with Gasteiger partial charge in [0.15, 0.2) is 0 Å². The molecule has 2 heterocycles. The van der Waals surface area contributed by atoms with E-state index in [4.69, 9.17) is 0 Å². The molecule has 0 N–H and O–H groups in total. The first-order valence-electron chi connectivity index (χ1n) is 12.3. The maximum Gasteiger partial charge on any atom is 0.0450 e. The summed E-state index contributed by atoms with van der Waals surface area (Å²) < 4.78 is 4.38. The second kappa shape index (κ2) is 8.44. The van der Waals surface area contributed by atoms with Crippen molar-refractivity contribution < 1.29 is 0 Å². The summed E-state index contributed by atoms with van der Waals surface area (Å²) in [5, 5.41) is 5.03. The van der Waals surface area contributed by atoms with Crippen LogP contribution >= 0.6 is 0 Å². The third kappa shape index (κ3) is 3.70. The highest BCUT2D eigenvalue weighted by molar-refractivity contribution is 5.84. The molecule has 7 rings (SSSR count). The van der Waals surface area contributed by atoms with Crippen molar-refractivity contribution in [1.29, 1.82) is 0 Å². The number of benzene rings is 5. The quantitative estimate of drug-likeness (QED) is 0.248. The molecule has 0 atom stereocenters. The number of rotatable bonds is 4. The SMILES string of the molecule is c1ccc2cn(-c3ccc(-c4ccc(-c5ccc(-n6cc7ccccc7c6)cc5)cc4)cc3)cc2c1.